The quantitative estimate of drug-likeness (QED) is 0.834. The van der Waals surface area contributed by atoms with Crippen LogP contribution in [0, 0.1) is 5.92 Å². The van der Waals surface area contributed by atoms with Crippen LogP contribution >= 0.6 is 36.4 Å². The summed E-state index contributed by atoms with van der Waals surface area (Å²) in [5, 5.41) is 4.31. The fraction of sp³-hybridized carbons (Fsp3) is 0.647. The Bertz CT molecular complexity index is 394. The van der Waals surface area contributed by atoms with Crippen molar-refractivity contribution in [2.75, 3.05) is 26.2 Å². The van der Waals surface area contributed by atoms with Gasteiger partial charge in [-0.2, -0.15) is 0 Å². The number of rotatable bonds is 3. The maximum Gasteiger partial charge on any atom is 0.0406 e. The van der Waals surface area contributed by atoms with Crippen molar-refractivity contribution < 1.29 is 0 Å². The molecule has 0 unspecified atom stereocenters. The first-order chi connectivity index (χ1) is 9.84. The molecule has 0 spiro atoms. The van der Waals surface area contributed by atoms with Crippen molar-refractivity contribution in [1.82, 2.24) is 10.2 Å². The van der Waals surface area contributed by atoms with Crippen molar-refractivity contribution in [3.05, 3.63) is 34.9 Å². The predicted molar refractivity (Wildman–Crippen MR) is 99.7 cm³/mol. The van der Waals surface area contributed by atoms with Crippen LogP contribution in [-0.4, -0.2) is 31.1 Å². The lowest BCUT2D eigenvalue weighted by molar-refractivity contribution is 0.103. The largest absolute Gasteiger partial charge is 0.314 e. The lowest BCUT2D eigenvalue weighted by Crippen LogP contribution is -2.47. The zero-order valence-corrected chi connectivity index (χ0v) is 15.4. The van der Waals surface area contributed by atoms with Crippen LogP contribution in [0.5, 0.6) is 0 Å². The van der Waals surface area contributed by atoms with E-state index in [1.807, 2.05) is 0 Å². The van der Waals surface area contributed by atoms with Crippen molar-refractivity contribution in [3.63, 3.8) is 0 Å². The van der Waals surface area contributed by atoms with E-state index in [-0.39, 0.29) is 24.8 Å². The molecule has 1 aliphatic carbocycles. The fourth-order valence-electron chi connectivity index (χ4n) is 3.85. The average Bonchev–Trinajstić information content (AvgIpc) is 2.52. The summed E-state index contributed by atoms with van der Waals surface area (Å²) in [4.78, 5) is 2.69. The maximum atomic E-state index is 6.06. The predicted octanol–water partition coefficient (Wildman–Crippen LogP) is 4.71. The van der Waals surface area contributed by atoms with Crippen LogP contribution in [0.15, 0.2) is 24.3 Å². The Morgan fingerprint density at radius 2 is 1.55 bits per heavy atom. The second kappa shape index (κ2) is 10.00. The first kappa shape index (κ1) is 20.1. The number of piperazine rings is 1. The Hall–Kier alpha value is 0.01000. The molecule has 1 aliphatic heterocycles. The number of benzene rings is 1. The topological polar surface area (TPSA) is 15.3 Å². The third-order valence-electron chi connectivity index (χ3n) is 4.85. The smallest absolute Gasteiger partial charge is 0.0406 e. The summed E-state index contributed by atoms with van der Waals surface area (Å²) in [6.45, 7) is 4.58. The zero-order chi connectivity index (χ0) is 13.8. The van der Waals surface area contributed by atoms with E-state index in [1.54, 1.807) is 0 Å². The van der Waals surface area contributed by atoms with E-state index in [1.165, 1.54) is 50.8 Å². The first-order valence-electron chi connectivity index (χ1n) is 8.05. The van der Waals surface area contributed by atoms with Gasteiger partial charge in [-0.3, -0.25) is 4.90 Å². The van der Waals surface area contributed by atoms with Crippen LogP contribution in [0.25, 0.3) is 0 Å². The standard InChI is InChI=1S/C17H25ClN2.2ClH/c18-16-8-6-15(7-9-16)17(14-4-2-1-3-5-14)20-12-10-19-11-13-20;;/h6-9,14,17,19H,1-5,10-13H2;2*1H/t17-;;/m1../s1. The Morgan fingerprint density at radius 3 is 2.14 bits per heavy atom. The Kier molecular flexibility index (Phi) is 9.11. The van der Waals surface area contributed by atoms with Crippen LogP contribution in [-0.2, 0) is 0 Å². The van der Waals surface area contributed by atoms with E-state index in [9.17, 15) is 0 Å². The highest BCUT2D eigenvalue weighted by atomic mass is 35.5. The molecule has 2 nitrogen and oxygen atoms in total. The van der Waals surface area contributed by atoms with E-state index in [4.69, 9.17) is 11.6 Å². The highest BCUT2D eigenvalue weighted by Gasteiger charge is 2.30. The molecular weight excluding hydrogens is 339 g/mol. The minimum atomic E-state index is 0. The number of nitrogens with zero attached hydrogens (tertiary/aromatic N) is 1. The highest BCUT2D eigenvalue weighted by Crippen LogP contribution is 2.38. The molecule has 2 fully saturated rings. The molecule has 5 heteroatoms. The zero-order valence-electron chi connectivity index (χ0n) is 13.0. The van der Waals surface area contributed by atoms with Crippen LogP contribution in [0.2, 0.25) is 5.02 Å². The molecule has 2 aliphatic rings. The Labute approximate surface area is 151 Å². The van der Waals surface area contributed by atoms with Gasteiger partial charge >= 0.3 is 0 Å². The number of nitrogens with one attached hydrogen (secondary N) is 1. The second-order valence-electron chi connectivity index (χ2n) is 6.18. The summed E-state index contributed by atoms with van der Waals surface area (Å²) < 4.78 is 0. The molecule has 0 bridgehead atoms. The minimum absolute atomic E-state index is 0. The van der Waals surface area contributed by atoms with Crippen molar-refractivity contribution in [2.24, 2.45) is 5.92 Å². The second-order valence-corrected chi connectivity index (χ2v) is 6.62. The number of halogens is 3. The molecule has 1 heterocycles. The molecule has 0 radical (unpaired) electrons. The van der Waals surface area contributed by atoms with E-state index < -0.39 is 0 Å². The van der Waals surface area contributed by atoms with Gasteiger partial charge in [0, 0.05) is 37.2 Å². The summed E-state index contributed by atoms with van der Waals surface area (Å²) in [5.41, 5.74) is 1.46. The summed E-state index contributed by atoms with van der Waals surface area (Å²) >= 11 is 6.06. The molecule has 1 saturated carbocycles. The molecule has 1 aromatic rings. The highest BCUT2D eigenvalue weighted by molar-refractivity contribution is 6.30. The minimum Gasteiger partial charge on any atom is -0.314 e. The van der Waals surface area contributed by atoms with Gasteiger partial charge in [0.1, 0.15) is 0 Å². The molecule has 126 valence electrons. The molecule has 0 aromatic heterocycles. The lowest BCUT2D eigenvalue weighted by Gasteiger charge is -2.41. The van der Waals surface area contributed by atoms with Crippen molar-refractivity contribution in [1.29, 1.82) is 0 Å². The van der Waals surface area contributed by atoms with Gasteiger partial charge in [-0.1, -0.05) is 43.0 Å². The van der Waals surface area contributed by atoms with Gasteiger partial charge < -0.3 is 5.32 Å². The SMILES string of the molecule is Cl.Cl.Clc1ccc([C@@H](C2CCCCC2)N2CCNCC2)cc1. The average molecular weight is 366 g/mol. The molecule has 3 rings (SSSR count). The van der Waals surface area contributed by atoms with E-state index in [2.05, 4.69) is 34.5 Å². The molecule has 1 N–H and O–H groups in total. The van der Waals surface area contributed by atoms with E-state index in [0.717, 1.165) is 24.0 Å². The normalized spacial score (nSPS) is 21.5. The lowest BCUT2D eigenvalue weighted by atomic mass is 9.80. The van der Waals surface area contributed by atoms with Gasteiger partial charge in [-0.05, 0) is 36.5 Å². The molecule has 0 amide bonds. The summed E-state index contributed by atoms with van der Waals surface area (Å²) in [5.74, 6) is 0.822. The van der Waals surface area contributed by atoms with Gasteiger partial charge in [0.2, 0.25) is 0 Å². The number of hydrogen-bond acceptors (Lipinski definition) is 2. The third kappa shape index (κ3) is 5.01. The van der Waals surface area contributed by atoms with Crippen molar-refractivity contribution >= 4 is 36.4 Å². The van der Waals surface area contributed by atoms with E-state index in [0.29, 0.717) is 6.04 Å². The van der Waals surface area contributed by atoms with Gasteiger partial charge in [0.05, 0.1) is 0 Å². The van der Waals surface area contributed by atoms with Crippen molar-refractivity contribution in [3.8, 4) is 0 Å². The Balaban J connectivity index is 0.00000121. The van der Waals surface area contributed by atoms with Crippen LogP contribution < -0.4 is 5.32 Å². The molecule has 1 aromatic carbocycles. The summed E-state index contributed by atoms with van der Waals surface area (Å²) in [7, 11) is 0. The van der Waals surface area contributed by atoms with Crippen LogP contribution in [0.4, 0.5) is 0 Å². The van der Waals surface area contributed by atoms with Gasteiger partial charge in [-0.25, -0.2) is 0 Å². The van der Waals surface area contributed by atoms with Crippen molar-refractivity contribution in [2.45, 2.75) is 38.1 Å². The fourth-order valence-corrected chi connectivity index (χ4v) is 3.98. The molecule has 22 heavy (non-hydrogen) atoms. The maximum absolute atomic E-state index is 6.06. The first-order valence-corrected chi connectivity index (χ1v) is 8.42. The summed E-state index contributed by atoms with van der Waals surface area (Å²) in [6.07, 6.45) is 7.00. The third-order valence-corrected chi connectivity index (χ3v) is 5.10. The molecule has 1 saturated heterocycles. The monoisotopic (exact) mass is 364 g/mol. The van der Waals surface area contributed by atoms with Gasteiger partial charge in [0.15, 0.2) is 0 Å². The van der Waals surface area contributed by atoms with Gasteiger partial charge in [-0.15, -0.1) is 24.8 Å². The number of hydrogen-bond donors (Lipinski definition) is 1. The van der Waals surface area contributed by atoms with Gasteiger partial charge in [0.25, 0.3) is 0 Å². The molecular formula is C17H27Cl3N2. The Morgan fingerprint density at radius 1 is 0.955 bits per heavy atom. The van der Waals surface area contributed by atoms with Crippen LogP contribution in [0.1, 0.15) is 43.7 Å². The summed E-state index contributed by atoms with van der Waals surface area (Å²) in [6, 6.07) is 9.17. The molecule has 1 atom stereocenters. The van der Waals surface area contributed by atoms with E-state index >= 15 is 0 Å². The van der Waals surface area contributed by atoms with Crippen LogP contribution in [0.3, 0.4) is 0 Å².